The van der Waals surface area contributed by atoms with Gasteiger partial charge in [0, 0.05) is 41.8 Å². The van der Waals surface area contributed by atoms with E-state index in [2.05, 4.69) is 26.1 Å². The van der Waals surface area contributed by atoms with Gasteiger partial charge in [0.1, 0.15) is 0 Å². The molecule has 1 N–H and O–H groups in total. The third-order valence-electron chi connectivity index (χ3n) is 3.36. The first-order chi connectivity index (χ1) is 9.10. The number of carbonyl (C=O) groups is 2. The molecule has 0 aliphatic carbocycles. The van der Waals surface area contributed by atoms with Crippen LogP contribution in [-0.4, -0.2) is 31.3 Å². The van der Waals surface area contributed by atoms with Crippen molar-refractivity contribution in [3.8, 4) is 0 Å². The Bertz CT molecular complexity index is 482. The van der Waals surface area contributed by atoms with Crippen molar-refractivity contribution in [1.82, 2.24) is 5.32 Å². The smallest absolute Gasteiger partial charge is 0.217 e. The van der Waals surface area contributed by atoms with Crippen LogP contribution < -0.4 is 10.2 Å². The lowest BCUT2D eigenvalue weighted by molar-refractivity contribution is -0.119. The van der Waals surface area contributed by atoms with Crippen LogP contribution >= 0.6 is 15.9 Å². The van der Waals surface area contributed by atoms with E-state index in [0.29, 0.717) is 5.56 Å². The molecule has 4 nitrogen and oxygen atoms in total. The van der Waals surface area contributed by atoms with Gasteiger partial charge in [0.05, 0.1) is 0 Å². The Morgan fingerprint density at radius 1 is 1.42 bits per heavy atom. The number of halogens is 1. The fourth-order valence-corrected chi connectivity index (χ4v) is 2.84. The van der Waals surface area contributed by atoms with E-state index in [9.17, 15) is 9.59 Å². The predicted octanol–water partition coefficient (Wildman–Crippen LogP) is 2.37. The quantitative estimate of drug-likeness (QED) is 0.868. The molecule has 0 bridgehead atoms. The van der Waals surface area contributed by atoms with Crippen molar-refractivity contribution < 1.29 is 9.59 Å². The molecule has 102 valence electrons. The molecular weight excluding hydrogens is 308 g/mol. The van der Waals surface area contributed by atoms with E-state index in [4.69, 9.17) is 0 Å². The summed E-state index contributed by atoms with van der Waals surface area (Å²) in [5.41, 5.74) is 1.67. The SMILES string of the molecule is CC(=O)NC1CCN(c2ccc(Br)cc2C=O)CC1. The summed E-state index contributed by atoms with van der Waals surface area (Å²) < 4.78 is 0.909. The minimum Gasteiger partial charge on any atom is -0.371 e. The van der Waals surface area contributed by atoms with Gasteiger partial charge in [0.25, 0.3) is 0 Å². The monoisotopic (exact) mass is 324 g/mol. The molecule has 0 aromatic heterocycles. The maximum absolute atomic E-state index is 11.1. The topological polar surface area (TPSA) is 49.4 Å². The highest BCUT2D eigenvalue weighted by Crippen LogP contribution is 2.26. The Morgan fingerprint density at radius 2 is 2.11 bits per heavy atom. The zero-order valence-corrected chi connectivity index (χ0v) is 12.4. The van der Waals surface area contributed by atoms with Crippen molar-refractivity contribution in [2.24, 2.45) is 0 Å². The average molecular weight is 325 g/mol. The number of rotatable bonds is 3. The van der Waals surface area contributed by atoms with Crippen molar-refractivity contribution in [2.75, 3.05) is 18.0 Å². The molecular formula is C14H17BrN2O2. The summed E-state index contributed by atoms with van der Waals surface area (Å²) in [6.07, 6.45) is 2.71. The van der Waals surface area contributed by atoms with Gasteiger partial charge in [-0.25, -0.2) is 0 Å². The summed E-state index contributed by atoms with van der Waals surface area (Å²) in [5.74, 6) is 0.0238. The van der Waals surface area contributed by atoms with Gasteiger partial charge in [-0.05, 0) is 31.0 Å². The summed E-state index contributed by atoms with van der Waals surface area (Å²) in [7, 11) is 0. The fraction of sp³-hybridized carbons (Fsp3) is 0.429. The lowest BCUT2D eigenvalue weighted by Gasteiger charge is -2.34. The van der Waals surface area contributed by atoms with Crippen molar-refractivity contribution in [3.63, 3.8) is 0 Å². The van der Waals surface area contributed by atoms with Gasteiger partial charge in [0.2, 0.25) is 5.91 Å². The van der Waals surface area contributed by atoms with Crippen molar-refractivity contribution in [2.45, 2.75) is 25.8 Å². The first kappa shape index (κ1) is 14.1. The fourth-order valence-electron chi connectivity index (χ4n) is 2.46. The van der Waals surface area contributed by atoms with Gasteiger partial charge >= 0.3 is 0 Å². The number of carbonyl (C=O) groups excluding carboxylic acids is 2. The largest absolute Gasteiger partial charge is 0.371 e. The number of anilines is 1. The Kier molecular flexibility index (Phi) is 4.58. The van der Waals surface area contributed by atoms with Crippen LogP contribution in [0.4, 0.5) is 5.69 Å². The lowest BCUT2D eigenvalue weighted by atomic mass is 10.0. The highest BCUT2D eigenvalue weighted by atomic mass is 79.9. The molecule has 0 spiro atoms. The van der Waals surface area contributed by atoms with Gasteiger partial charge in [-0.1, -0.05) is 15.9 Å². The van der Waals surface area contributed by atoms with Crippen molar-refractivity contribution in [3.05, 3.63) is 28.2 Å². The zero-order valence-electron chi connectivity index (χ0n) is 10.9. The minimum atomic E-state index is 0.0238. The van der Waals surface area contributed by atoms with Crippen molar-refractivity contribution >= 4 is 33.8 Å². The average Bonchev–Trinajstić information content (AvgIpc) is 2.39. The Balaban J connectivity index is 2.05. The van der Waals surface area contributed by atoms with Crippen LogP contribution in [0.3, 0.4) is 0 Å². The molecule has 0 radical (unpaired) electrons. The van der Waals surface area contributed by atoms with E-state index >= 15 is 0 Å². The lowest BCUT2D eigenvalue weighted by Crippen LogP contribution is -2.44. The molecule has 1 amide bonds. The highest BCUT2D eigenvalue weighted by molar-refractivity contribution is 9.10. The molecule has 0 atom stereocenters. The van der Waals surface area contributed by atoms with Crippen molar-refractivity contribution in [1.29, 1.82) is 0 Å². The van der Waals surface area contributed by atoms with E-state index in [-0.39, 0.29) is 11.9 Å². The highest BCUT2D eigenvalue weighted by Gasteiger charge is 2.21. The van der Waals surface area contributed by atoms with E-state index in [1.54, 1.807) is 6.92 Å². The second kappa shape index (κ2) is 6.19. The minimum absolute atomic E-state index is 0.0238. The summed E-state index contributed by atoms with van der Waals surface area (Å²) in [6, 6.07) is 6.00. The molecule has 1 saturated heterocycles. The van der Waals surface area contributed by atoms with E-state index in [0.717, 1.165) is 42.4 Å². The number of nitrogens with one attached hydrogen (secondary N) is 1. The maximum Gasteiger partial charge on any atom is 0.217 e. The molecule has 1 heterocycles. The van der Waals surface area contributed by atoms with Crippen LogP contribution in [0.2, 0.25) is 0 Å². The van der Waals surface area contributed by atoms with Gasteiger partial charge in [0.15, 0.2) is 6.29 Å². The molecule has 5 heteroatoms. The van der Waals surface area contributed by atoms with Crippen LogP contribution in [0, 0.1) is 0 Å². The third kappa shape index (κ3) is 3.56. The maximum atomic E-state index is 11.1. The van der Waals surface area contributed by atoms with Gasteiger partial charge in [-0.3, -0.25) is 9.59 Å². The second-order valence-corrected chi connectivity index (χ2v) is 5.70. The first-order valence-electron chi connectivity index (χ1n) is 6.37. The van der Waals surface area contributed by atoms with Crippen LogP contribution in [0.5, 0.6) is 0 Å². The number of hydrogen-bond acceptors (Lipinski definition) is 3. The number of piperidine rings is 1. The number of amides is 1. The second-order valence-electron chi connectivity index (χ2n) is 4.78. The first-order valence-corrected chi connectivity index (χ1v) is 7.16. The number of hydrogen-bond donors (Lipinski definition) is 1. The van der Waals surface area contributed by atoms with Gasteiger partial charge in [-0.2, -0.15) is 0 Å². The molecule has 1 aliphatic heterocycles. The number of benzene rings is 1. The van der Waals surface area contributed by atoms with E-state index in [1.807, 2.05) is 18.2 Å². The summed E-state index contributed by atoms with van der Waals surface area (Å²) >= 11 is 3.37. The Morgan fingerprint density at radius 3 is 2.68 bits per heavy atom. The van der Waals surface area contributed by atoms with Gasteiger partial charge in [-0.15, -0.1) is 0 Å². The molecule has 1 fully saturated rings. The number of aldehydes is 1. The third-order valence-corrected chi connectivity index (χ3v) is 3.85. The standard InChI is InChI=1S/C14H17BrN2O2/c1-10(19)16-13-4-6-17(7-5-13)14-3-2-12(15)8-11(14)9-18/h2-3,8-9,13H,4-7H2,1H3,(H,16,19). The Labute approximate surface area is 121 Å². The summed E-state index contributed by atoms with van der Waals surface area (Å²) in [5, 5.41) is 2.95. The molecule has 0 unspecified atom stereocenters. The zero-order chi connectivity index (χ0) is 13.8. The van der Waals surface area contributed by atoms with Crippen LogP contribution in [0.25, 0.3) is 0 Å². The number of nitrogens with zero attached hydrogens (tertiary/aromatic N) is 1. The molecule has 1 aromatic rings. The molecule has 1 aromatic carbocycles. The normalized spacial score (nSPS) is 16.2. The van der Waals surface area contributed by atoms with Crippen LogP contribution in [0.15, 0.2) is 22.7 Å². The summed E-state index contributed by atoms with van der Waals surface area (Å²) in [4.78, 5) is 24.4. The van der Waals surface area contributed by atoms with Crippen LogP contribution in [-0.2, 0) is 4.79 Å². The van der Waals surface area contributed by atoms with Gasteiger partial charge < -0.3 is 10.2 Å². The van der Waals surface area contributed by atoms with E-state index in [1.165, 1.54) is 0 Å². The molecule has 0 saturated carbocycles. The summed E-state index contributed by atoms with van der Waals surface area (Å²) in [6.45, 7) is 3.26. The molecule has 2 rings (SSSR count). The predicted molar refractivity (Wildman–Crippen MR) is 78.6 cm³/mol. The molecule has 19 heavy (non-hydrogen) atoms. The molecule has 1 aliphatic rings. The Hall–Kier alpha value is -1.36. The van der Waals surface area contributed by atoms with Crippen LogP contribution in [0.1, 0.15) is 30.1 Å². The van der Waals surface area contributed by atoms with E-state index < -0.39 is 0 Å².